The molecule has 0 bridgehead atoms. The third-order valence-electron chi connectivity index (χ3n) is 2.45. The summed E-state index contributed by atoms with van der Waals surface area (Å²) in [6, 6.07) is 4.27. The summed E-state index contributed by atoms with van der Waals surface area (Å²) in [6.07, 6.45) is 1.52. The molecule has 1 N–H and O–H groups in total. The van der Waals surface area contributed by atoms with Gasteiger partial charge in [0.2, 0.25) is 0 Å². The molecule has 2 rings (SSSR count). The first kappa shape index (κ1) is 14.2. The van der Waals surface area contributed by atoms with E-state index in [1.54, 1.807) is 13.0 Å². The number of aryl methyl sites for hydroxylation is 1. The zero-order valence-corrected chi connectivity index (χ0v) is 12.3. The molecule has 0 saturated carbocycles. The molecule has 0 atom stereocenters. The van der Waals surface area contributed by atoms with E-state index in [1.165, 1.54) is 18.3 Å². The van der Waals surface area contributed by atoms with Crippen molar-refractivity contribution in [2.45, 2.75) is 13.5 Å². The summed E-state index contributed by atoms with van der Waals surface area (Å²) >= 11 is 8.91. The van der Waals surface area contributed by atoms with Crippen molar-refractivity contribution in [3.05, 3.63) is 51.0 Å². The Morgan fingerprint density at radius 2 is 2.11 bits per heavy atom. The first-order chi connectivity index (χ1) is 9.01. The lowest BCUT2D eigenvalue weighted by Crippen LogP contribution is -1.96. The van der Waals surface area contributed by atoms with Crippen molar-refractivity contribution in [1.82, 2.24) is 4.98 Å². The fourth-order valence-corrected chi connectivity index (χ4v) is 2.20. The van der Waals surface area contributed by atoms with Crippen LogP contribution in [-0.2, 0) is 6.61 Å². The molecule has 3 nitrogen and oxygen atoms in total. The van der Waals surface area contributed by atoms with Gasteiger partial charge in [-0.3, -0.25) is 4.98 Å². The van der Waals surface area contributed by atoms with Gasteiger partial charge in [-0.15, -0.1) is 0 Å². The maximum absolute atomic E-state index is 13.4. The van der Waals surface area contributed by atoms with E-state index in [9.17, 15) is 9.50 Å². The molecule has 0 amide bonds. The molecule has 2 aromatic rings. The van der Waals surface area contributed by atoms with Gasteiger partial charge in [0.05, 0.1) is 16.1 Å². The SMILES string of the molecule is Cc1cc(Oc2cc(F)c(Cl)cc2Br)c(CO)cn1. The van der Waals surface area contributed by atoms with Crippen LogP contribution in [0.25, 0.3) is 0 Å². The summed E-state index contributed by atoms with van der Waals surface area (Å²) in [5.74, 6) is 0.135. The second-order valence-electron chi connectivity index (χ2n) is 3.89. The Hall–Kier alpha value is -1.17. The number of hydrogen-bond acceptors (Lipinski definition) is 3. The molecule has 19 heavy (non-hydrogen) atoms. The van der Waals surface area contributed by atoms with Crippen molar-refractivity contribution >= 4 is 27.5 Å². The third kappa shape index (κ3) is 3.23. The highest BCUT2D eigenvalue weighted by molar-refractivity contribution is 9.10. The Morgan fingerprint density at radius 3 is 2.79 bits per heavy atom. The van der Waals surface area contributed by atoms with Crippen molar-refractivity contribution in [2.75, 3.05) is 0 Å². The Kier molecular flexibility index (Phi) is 4.39. The number of rotatable bonds is 3. The minimum absolute atomic E-state index is 0.00696. The Bertz CT molecular complexity index is 622. The van der Waals surface area contributed by atoms with Gasteiger partial charge in [0, 0.05) is 29.6 Å². The van der Waals surface area contributed by atoms with Crippen molar-refractivity contribution < 1.29 is 14.2 Å². The Labute approximate surface area is 123 Å². The van der Waals surface area contributed by atoms with Gasteiger partial charge in [0.25, 0.3) is 0 Å². The molecule has 100 valence electrons. The summed E-state index contributed by atoms with van der Waals surface area (Å²) < 4.78 is 19.6. The van der Waals surface area contributed by atoms with Gasteiger partial charge >= 0.3 is 0 Å². The number of halogens is 3. The van der Waals surface area contributed by atoms with Crippen LogP contribution in [0.3, 0.4) is 0 Å². The molecular formula is C13H10BrClFNO2. The van der Waals surface area contributed by atoms with Crippen LogP contribution in [-0.4, -0.2) is 10.1 Å². The number of aromatic nitrogens is 1. The van der Waals surface area contributed by atoms with Crippen LogP contribution in [0.4, 0.5) is 4.39 Å². The molecule has 0 saturated heterocycles. The standard InChI is InChI=1S/C13H10BrClFNO2/c1-7-2-12(8(6-18)5-17-7)19-13-4-11(16)10(15)3-9(13)14/h2-5,18H,6H2,1H3. The van der Waals surface area contributed by atoms with E-state index in [1.807, 2.05) is 0 Å². The van der Waals surface area contributed by atoms with Crippen molar-refractivity contribution in [3.63, 3.8) is 0 Å². The Morgan fingerprint density at radius 1 is 1.37 bits per heavy atom. The highest BCUT2D eigenvalue weighted by Gasteiger charge is 2.11. The largest absolute Gasteiger partial charge is 0.456 e. The van der Waals surface area contributed by atoms with Crippen LogP contribution in [0.15, 0.2) is 28.9 Å². The number of benzene rings is 1. The summed E-state index contributed by atoms with van der Waals surface area (Å²) in [4.78, 5) is 4.06. The number of aliphatic hydroxyl groups excluding tert-OH is 1. The van der Waals surface area contributed by atoms with Crippen LogP contribution in [0, 0.1) is 12.7 Å². The lowest BCUT2D eigenvalue weighted by atomic mass is 10.2. The zero-order valence-electron chi connectivity index (χ0n) is 9.95. The molecule has 1 heterocycles. The van der Waals surface area contributed by atoms with Crippen molar-refractivity contribution in [1.29, 1.82) is 0 Å². The Balaban J connectivity index is 2.41. The number of pyridine rings is 1. The zero-order chi connectivity index (χ0) is 14.0. The fraction of sp³-hybridized carbons (Fsp3) is 0.154. The first-order valence-corrected chi connectivity index (χ1v) is 6.57. The van der Waals surface area contributed by atoms with Gasteiger partial charge in [-0.25, -0.2) is 4.39 Å². The molecule has 0 spiro atoms. The predicted molar refractivity (Wildman–Crippen MR) is 74.1 cm³/mol. The van der Waals surface area contributed by atoms with Crippen LogP contribution in [0.1, 0.15) is 11.3 Å². The lowest BCUT2D eigenvalue weighted by molar-refractivity contribution is 0.276. The van der Waals surface area contributed by atoms with Crippen LogP contribution >= 0.6 is 27.5 Å². The lowest BCUT2D eigenvalue weighted by Gasteiger charge is -2.12. The summed E-state index contributed by atoms with van der Waals surface area (Å²) in [5.41, 5.74) is 1.26. The van der Waals surface area contributed by atoms with Gasteiger partial charge in [-0.1, -0.05) is 11.6 Å². The van der Waals surface area contributed by atoms with Crippen LogP contribution in [0.5, 0.6) is 11.5 Å². The van der Waals surface area contributed by atoms with E-state index in [-0.39, 0.29) is 17.4 Å². The average Bonchev–Trinajstić information content (AvgIpc) is 2.36. The summed E-state index contributed by atoms with van der Waals surface area (Å²) in [5, 5.41) is 9.24. The van der Waals surface area contributed by atoms with Crippen LogP contribution < -0.4 is 4.74 Å². The van der Waals surface area contributed by atoms with E-state index in [0.717, 1.165) is 5.69 Å². The fourth-order valence-electron chi connectivity index (χ4n) is 1.48. The molecule has 1 aromatic carbocycles. The molecule has 1 aromatic heterocycles. The highest BCUT2D eigenvalue weighted by atomic mass is 79.9. The predicted octanol–water partition coefficient (Wildman–Crippen LogP) is 4.23. The van der Waals surface area contributed by atoms with Gasteiger partial charge < -0.3 is 9.84 Å². The molecule has 0 aliphatic carbocycles. The molecule has 0 fully saturated rings. The smallest absolute Gasteiger partial charge is 0.145 e. The minimum atomic E-state index is -0.573. The number of ether oxygens (including phenoxy) is 1. The first-order valence-electron chi connectivity index (χ1n) is 5.40. The number of nitrogens with zero attached hydrogens (tertiary/aromatic N) is 1. The minimum Gasteiger partial charge on any atom is -0.456 e. The monoisotopic (exact) mass is 345 g/mol. The second-order valence-corrected chi connectivity index (χ2v) is 5.15. The van der Waals surface area contributed by atoms with Gasteiger partial charge in [-0.2, -0.15) is 0 Å². The van der Waals surface area contributed by atoms with E-state index in [0.29, 0.717) is 15.8 Å². The van der Waals surface area contributed by atoms with Gasteiger partial charge in [0.15, 0.2) is 0 Å². The highest BCUT2D eigenvalue weighted by Crippen LogP contribution is 2.35. The van der Waals surface area contributed by atoms with Gasteiger partial charge in [-0.05, 0) is 28.9 Å². The van der Waals surface area contributed by atoms with E-state index in [4.69, 9.17) is 16.3 Å². The molecule has 0 aliphatic rings. The van der Waals surface area contributed by atoms with Crippen LogP contribution in [0.2, 0.25) is 5.02 Å². The quantitative estimate of drug-likeness (QED) is 0.846. The summed E-state index contributed by atoms with van der Waals surface area (Å²) in [7, 11) is 0. The third-order valence-corrected chi connectivity index (χ3v) is 3.35. The van der Waals surface area contributed by atoms with Gasteiger partial charge in [0.1, 0.15) is 17.3 Å². The molecule has 0 unspecified atom stereocenters. The summed E-state index contributed by atoms with van der Waals surface area (Å²) in [6.45, 7) is 1.59. The van der Waals surface area contributed by atoms with Crippen molar-refractivity contribution in [2.24, 2.45) is 0 Å². The average molecular weight is 347 g/mol. The second kappa shape index (κ2) is 5.86. The maximum atomic E-state index is 13.4. The topological polar surface area (TPSA) is 42.4 Å². The van der Waals surface area contributed by atoms with E-state index < -0.39 is 5.82 Å². The molecule has 6 heteroatoms. The molecule has 0 aliphatic heterocycles. The number of hydrogen-bond donors (Lipinski definition) is 1. The van der Waals surface area contributed by atoms with E-state index in [2.05, 4.69) is 20.9 Å². The number of aliphatic hydroxyl groups is 1. The molecule has 0 radical (unpaired) electrons. The molecular weight excluding hydrogens is 337 g/mol. The normalized spacial score (nSPS) is 10.6. The van der Waals surface area contributed by atoms with Crippen molar-refractivity contribution in [3.8, 4) is 11.5 Å². The maximum Gasteiger partial charge on any atom is 0.145 e. The van der Waals surface area contributed by atoms with E-state index >= 15 is 0 Å².